The van der Waals surface area contributed by atoms with Crippen LogP contribution in [0.25, 0.3) is 11.1 Å². The average Bonchev–Trinajstić information content (AvgIpc) is 2.69. The van der Waals surface area contributed by atoms with E-state index in [1.165, 1.54) is 0 Å². The summed E-state index contributed by atoms with van der Waals surface area (Å²) in [5.74, 6) is 0.0413. The third-order valence-electron chi connectivity index (χ3n) is 2.92. The van der Waals surface area contributed by atoms with Gasteiger partial charge in [0.2, 0.25) is 0 Å². The van der Waals surface area contributed by atoms with Crippen molar-refractivity contribution in [2.45, 2.75) is 13.3 Å². The molecule has 0 fully saturated rings. The van der Waals surface area contributed by atoms with Crippen LogP contribution in [0, 0.1) is 5.92 Å². The lowest BCUT2D eigenvalue weighted by Crippen LogP contribution is -2.21. The Kier molecular flexibility index (Phi) is 3.49. The molecule has 5 heteroatoms. The molecule has 0 radical (unpaired) electrons. The normalized spacial score (nSPS) is 12.8. The highest BCUT2D eigenvalue weighted by molar-refractivity contribution is 5.76. The Bertz CT molecular complexity index is 540. The fraction of sp³-hybridized carbons (Fsp3) is 0.417. The van der Waals surface area contributed by atoms with E-state index in [-0.39, 0.29) is 0 Å². The Hall–Kier alpha value is -1.75. The summed E-state index contributed by atoms with van der Waals surface area (Å²) in [6.45, 7) is 3.63. The van der Waals surface area contributed by atoms with E-state index in [4.69, 9.17) is 10.2 Å². The van der Waals surface area contributed by atoms with Gasteiger partial charge in [0, 0.05) is 12.2 Å². The summed E-state index contributed by atoms with van der Waals surface area (Å²) in [5, 5.41) is 3.30. The highest BCUT2D eigenvalue weighted by atomic mass is 16.4. The molecule has 0 amide bonds. The number of H-pyrrole nitrogens is 1. The minimum atomic E-state index is -0.425. The number of rotatable bonds is 5. The summed E-state index contributed by atoms with van der Waals surface area (Å²) >= 11 is 0. The second-order valence-corrected chi connectivity index (χ2v) is 4.12. The molecule has 1 aromatic carbocycles. The molecule has 17 heavy (non-hydrogen) atoms. The van der Waals surface area contributed by atoms with Crippen molar-refractivity contribution in [3.63, 3.8) is 0 Å². The van der Waals surface area contributed by atoms with E-state index in [1.54, 1.807) is 6.07 Å². The Morgan fingerprint density at radius 1 is 1.53 bits per heavy atom. The summed E-state index contributed by atoms with van der Waals surface area (Å²) < 4.78 is 4.93. The minimum Gasteiger partial charge on any atom is -0.408 e. The van der Waals surface area contributed by atoms with E-state index in [9.17, 15) is 4.79 Å². The van der Waals surface area contributed by atoms with Crippen LogP contribution in [-0.4, -0.2) is 18.1 Å². The molecule has 1 unspecified atom stereocenters. The Morgan fingerprint density at radius 3 is 3.06 bits per heavy atom. The number of nitrogens with one attached hydrogen (secondary N) is 2. The van der Waals surface area contributed by atoms with Gasteiger partial charge < -0.3 is 15.5 Å². The first-order chi connectivity index (χ1) is 8.22. The van der Waals surface area contributed by atoms with Crippen LogP contribution in [-0.2, 0) is 0 Å². The molecule has 0 aliphatic rings. The predicted molar refractivity (Wildman–Crippen MR) is 68.2 cm³/mol. The predicted octanol–water partition coefficient (Wildman–Crippen LogP) is 1.52. The molecule has 2 aromatic rings. The number of aromatic amines is 1. The van der Waals surface area contributed by atoms with Crippen molar-refractivity contribution in [2.75, 3.05) is 18.4 Å². The summed E-state index contributed by atoms with van der Waals surface area (Å²) in [5.41, 5.74) is 7.88. The summed E-state index contributed by atoms with van der Waals surface area (Å²) in [6.07, 6.45) is 1.05. The minimum absolute atomic E-state index is 0.425. The molecular weight excluding hydrogens is 218 g/mol. The zero-order chi connectivity index (χ0) is 12.3. The van der Waals surface area contributed by atoms with Crippen LogP contribution in [0.2, 0.25) is 0 Å². The first kappa shape index (κ1) is 11.7. The summed E-state index contributed by atoms with van der Waals surface area (Å²) in [7, 11) is 0. The molecular formula is C12H17N3O2. The van der Waals surface area contributed by atoms with Crippen molar-refractivity contribution in [2.24, 2.45) is 11.7 Å². The fourth-order valence-corrected chi connectivity index (χ4v) is 1.72. The lowest BCUT2D eigenvalue weighted by atomic mass is 10.1. The first-order valence-electron chi connectivity index (χ1n) is 5.79. The van der Waals surface area contributed by atoms with Crippen LogP contribution in [0.1, 0.15) is 13.3 Å². The lowest BCUT2D eigenvalue weighted by Gasteiger charge is -2.13. The van der Waals surface area contributed by atoms with Crippen molar-refractivity contribution in [3.8, 4) is 0 Å². The molecule has 2 rings (SSSR count). The monoisotopic (exact) mass is 235 g/mol. The fourth-order valence-electron chi connectivity index (χ4n) is 1.72. The number of fused-ring (bicyclic) bond motifs is 1. The molecule has 0 aliphatic heterocycles. The average molecular weight is 235 g/mol. The SMILES string of the molecule is CCC(CN)CNc1ccc2oc(=O)[nH]c2c1. The molecule has 92 valence electrons. The smallest absolute Gasteiger partial charge is 0.408 e. The maximum Gasteiger partial charge on any atom is 0.417 e. The van der Waals surface area contributed by atoms with Crippen LogP contribution < -0.4 is 16.8 Å². The van der Waals surface area contributed by atoms with Gasteiger partial charge in [-0.3, -0.25) is 4.98 Å². The number of oxazole rings is 1. The largest absolute Gasteiger partial charge is 0.417 e. The number of hydrogen-bond acceptors (Lipinski definition) is 4. The zero-order valence-corrected chi connectivity index (χ0v) is 9.82. The van der Waals surface area contributed by atoms with Crippen LogP contribution >= 0.6 is 0 Å². The molecule has 1 aromatic heterocycles. The van der Waals surface area contributed by atoms with Crippen molar-refractivity contribution >= 4 is 16.8 Å². The standard InChI is InChI=1S/C12H17N3O2/c1-2-8(6-13)7-14-9-3-4-11-10(5-9)15-12(16)17-11/h3-5,8,14H,2,6-7,13H2,1H3,(H,15,16). The molecule has 1 heterocycles. The molecule has 5 nitrogen and oxygen atoms in total. The van der Waals surface area contributed by atoms with E-state index >= 15 is 0 Å². The van der Waals surface area contributed by atoms with E-state index in [0.29, 0.717) is 23.6 Å². The molecule has 0 bridgehead atoms. The Morgan fingerprint density at radius 2 is 2.35 bits per heavy atom. The second-order valence-electron chi connectivity index (χ2n) is 4.12. The van der Waals surface area contributed by atoms with Crippen molar-refractivity contribution < 1.29 is 4.42 Å². The molecule has 0 saturated carbocycles. The number of anilines is 1. The zero-order valence-electron chi connectivity index (χ0n) is 9.82. The molecule has 4 N–H and O–H groups in total. The van der Waals surface area contributed by atoms with Crippen molar-refractivity contribution in [1.82, 2.24) is 4.98 Å². The number of aromatic nitrogens is 1. The van der Waals surface area contributed by atoms with Gasteiger partial charge in [-0.1, -0.05) is 13.3 Å². The van der Waals surface area contributed by atoms with Gasteiger partial charge in [-0.25, -0.2) is 4.79 Å². The van der Waals surface area contributed by atoms with Gasteiger partial charge in [0.25, 0.3) is 0 Å². The maximum absolute atomic E-state index is 11.0. The van der Waals surface area contributed by atoms with Crippen LogP contribution in [0.4, 0.5) is 5.69 Å². The maximum atomic E-state index is 11.0. The van der Waals surface area contributed by atoms with Gasteiger partial charge >= 0.3 is 5.76 Å². The Labute approximate surface area is 99.0 Å². The van der Waals surface area contributed by atoms with Crippen molar-refractivity contribution in [1.29, 1.82) is 0 Å². The second kappa shape index (κ2) is 5.05. The van der Waals surface area contributed by atoms with Crippen LogP contribution in [0.5, 0.6) is 0 Å². The molecule has 0 spiro atoms. The topological polar surface area (TPSA) is 84.0 Å². The lowest BCUT2D eigenvalue weighted by molar-refractivity contribution is 0.548. The number of nitrogens with two attached hydrogens (primary N) is 1. The highest BCUT2D eigenvalue weighted by Gasteiger charge is 2.05. The van der Waals surface area contributed by atoms with Crippen molar-refractivity contribution in [3.05, 3.63) is 28.7 Å². The number of benzene rings is 1. The van der Waals surface area contributed by atoms with Gasteiger partial charge in [0.05, 0.1) is 5.52 Å². The summed E-state index contributed by atoms with van der Waals surface area (Å²) in [4.78, 5) is 13.6. The van der Waals surface area contributed by atoms with Crippen LogP contribution in [0.15, 0.2) is 27.4 Å². The third kappa shape index (κ3) is 2.68. The van der Waals surface area contributed by atoms with Gasteiger partial charge in [-0.15, -0.1) is 0 Å². The number of hydrogen-bond donors (Lipinski definition) is 3. The molecule has 1 atom stereocenters. The van der Waals surface area contributed by atoms with E-state index in [0.717, 1.165) is 18.7 Å². The van der Waals surface area contributed by atoms with E-state index in [1.807, 2.05) is 12.1 Å². The molecule has 0 saturated heterocycles. The van der Waals surface area contributed by atoms with Crippen LogP contribution in [0.3, 0.4) is 0 Å². The summed E-state index contributed by atoms with van der Waals surface area (Å²) in [6, 6.07) is 5.53. The first-order valence-corrected chi connectivity index (χ1v) is 5.79. The van der Waals surface area contributed by atoms with E-state index < -0.39 is 5.76 Å². The van der Waals surface area contributed by atoms with Gasteiger partial charge in [-0.05, 0) is 30.7 Å². The third-order valence-corrected chi connectivity index (χ3v) is 2.92. The van der Waals surface area contributed by atoms with Gasteiger partial charge in [-0.2, -0.15) is 0 Å². The van der Waals surface area contributed by atoms with Gasteiger partial charge in [0.1, 0.15) is 0 Å². The van der Waals surface area contributed by atoms with Gasteiger partial charge in [0.15, 0.2) is 5.58 Å². The Balaban J connectivity index is 2.11. The quantitative estimate of drug-likeness (QED) is 0.733. The highest BCUT2D eigenvalue weighted by Crippen LogP contribution is 2.16. The molecule has 0 aliphatic carbocycles. The van der Waals surface area contributed by atoms with E-state index in [2.05, 4.69) is 17.2 Å².